The van der Waals surface area contributed by atoms with E-state index in [9.17, 15) is 31.2 Å². The molecule has 0 bridgehead atoms. The molecule has 1 atom stereocenters. The number of amides is 2. The van der Waals surface area contributed by atoms with Gasteiger partial charge in [0.15, 0.2) is 0 Å². The van der Waals surface area contributed by atoms with Crippen molar-refractivity contribution >= 4 is 43.5 Å². The maximum Gasteiger partial charge on any atom is 0.416 e. The van der Waals surface area contributed by atoms with Gasteiger partial charge < -0.3 is 10.2 Å². The number of hydrogen-bond acceptors (Lipinski definition) is 4. The fraction of sp³-hybridized carbons (Fsp3) is 0.231. The Kier molecular flexibility index (Phi) is 9.21. The lowest BCUT2D eigenvalue weighted by molar-refractivity contribution is -0.139. The van der Waals surface area contributed by atoms with E-state index in [1.165, 1.54) is 49.2 Å². The van der Waals surface area contributed by atoms with Gasteiger partial charge in [-0.3, -0.25) is 13.9 Å². The molecule has 3 aromatic rings. The van der Waals surface area contributed by atoms with Crippen molar-refractivity contribution in [1.29, 1.82) is 0 Å². The molecule has 0 aliphatic rings. The van der Waals surface area contributed by atoms with E-state index in [0.717, 1.165) is 16.6 Å². The fourth-order valence-corrected chi connectivity index (χ4v) is 5.36. The van der Waals surface area contributed by atoms with Crippen LogP contribution in [0.15, 0.2) is 88.2 Å². The molecule has 0 radical (unpaired) electrons. The van der Waals surface area contributed by atoms with Crippen molar-refractivity contribution in [2.45, 2.75) is 30.6 Å². The fourth-order valence-electron chi connectivity index (χ4n) is 3.66. The average Bonchev–Trinajstić information content (AvgIpc) is 2.90. The Morgan fingerprint density at radius 3 is 2.18 bits per heavy atom. The quantitative estimate of drug-likeness (QED) is 0.376. The SMILES string of the molecule is CNC(=O)[C@@H](C)N(Cc1ccc(Br)cc1)C(=O)CN(c1cccc(C(F)(F)F)c1)S(=O)(=O)c1ccccc1. The van der Waals surface area contributed by atoms with Crippen LogP contribution in [0.3, 0.4) is 0 Å². The maximum atomic E-state index is 13.6. The third-order valence-electron chi connectivity index (χ3n) is 5.75. The summed E-state index contributed by atoms with van der Waals surface area (Å²) in [4.78, 5) is 27.1. The number of likely N-dealkylation sites (N-methyl/N-ethyl adjacent to an activating group) is 1. The molecule has 0 spiro atoms. The highest BCUT2D eigenvalue weighted by Crippen LogP contribution is 2.33. The molecule has 0 unspecified atom stereocenters. The van der Waals surface area contributed by atoms with Gasteiger partial charge in [0, 0.05) is 18.1 Å². The number of nitrogens with zero attached hydrogens (tertiary/aromatic N) is 2. The summed E-state index contributed by atoms with van der Waals surface area (Å²) >= 11 is 3.33. The molecule has 0 heterocycles. The van der Waals surface area contributed by atoms with Gasteiger partial charge in [0.1, 0.15) is 12.6 Å². The molecular formula is C26H25BrF3N3O4S. The van der Waals surface area contributed by atoms with E-state index in [-0.39, 0.29) is 17.1 Å². The van der Waals surface area contributed by atoms with E-state index in [0.29, 0.717) is 15.9 Å². The zero-order chi connectivity index (χ0) is 28.1. The lowest BCUT2D eigenvalue weighted by Crippen LogP contribution is -2.50. The van der Waals surface area contributed by atoms with Crippen LogP contribution in [0, 0.1) is 0 Å². The van der Waals surface area contributed by atoms with Crippen molar-refractivity contribution in [3.8, 4) is 0 Å². The molecule has 0 fully saturated rings. The predicted octanol–water partition coefficient (Wildman–Crippen LogP) is 4.83. The number of sulfonamides is 1. The second-order valence-electron chi connectivity index (χ2n) is 8.31. The molecule has 1 N–H and O–H groups in total. The minimum absolute atomic E-state index is 0.0392. The topological polar surface area (TPSA) is 86.8 Å². The van der Waals surface area contributed by atoms with Crippen LogP contribution in [0.2, 0.25) is 0 Å². The first-order valence-electron chi connectivity index (χ1n) is 11.3. The number of rotatable bonds is 9. The second kappa shape index (κ2) is 12.0. The Balaban J connectivity index is 2.07. The van der Waals surface area contributed by atoms with E-state index in [4.69, 9.17) is 0 Å². The molecule has 7 nitrogen and oxygen atoms in total. The van der Waals surface area contributed by atoms with Gasteiger partial charge in [-0.15, -0.1) is 0 Å². The molecule has 0 saturated heterocycles. The maximum absolute atomic E-state index is 13.6. The summed E-state index contributed by atoms with van der Waals surface area (Å²) < 4.78 is 69.0. The highest BCUT2D eigenvalue weighted by molar-refractivity contribution is 9.10. The summed E-state index contributed by atoms with van der Waals surface area (Å²) in [6.45, 7) is 0.606. The number of carbonyl (C=O) groups excluding carboxylic acids is 2. The summed E-state index contributed by atoms with van der Waals surface area (Å²) in [5.74, 6) is -1.27. The van der Waals surface area contributed by atoms with Crippen LogP contribution in [0.1, 0.15) is 18.1 Å². The van der Waals surface area contributed by atoms with E-state index < -0.39 is 46.2 Å². The van der Waals surface area contributed by atoms with E-state index in [1.807, 2.05) is 0 Å². The van der Waals surface area contributed by atoms with Crippen molar-refractivity contribution in [2.75, 3.05) is 17.9 Å². The number of benzene rings is 3. The smallest absolute Gasteiger partial charge is 0.357 e. The largest absolute Gasteiger partial charge is 0.416 e. The van der Waals surface area contributed by atoms with Gasteiger partial charge in [-0.1, -0.05) is 52.3 Å². The van der Waals surface area contributed by atoms with Crippen molar-refractivity contribution in [3.63, 3.8) is 0 Å². The van der Waals surface area contributed by atoms with Crippen molar-refractivity contribution < 1.29 is 31.2 Å². The summed E-state index contributed by atoms with van der Waals surface area (Å²) in [5.41, 5.74) is -0.747. The Hall–Kier alpha value is -3.38. The van der Waals surface area contributed by atoms with E-state index in [1.54, 1.807) is 30.3 Å². The van der Waals surface area contributed by atoms with E-state index >= 15 is 0 Å². The van der Waals surface area contributed by atoms with Crippen LogP contribution in [-0.4, -0.2) is 44.8 Å². The third-order valence-corrected chi connectivity index (χ3v) is 8.07. The van der Waals surface area contributed by atoms with Gasteiger partial charge in [0.05, 0.1) is 16.1 Å². The zero-order valence-corrected chi connectivity index (χ0v) is 22.8. The molecule has 0 aliphatic heterocycles. The summed E-state index contributed by atoms with van der Waals surface area (Å²) in [6.07, 6.45) is -4.73. The molecule has 3 aromatic carbocycles. The molecule has 0 aliphatic carbocycles. The van der Waals surface area contributed by atoms with Crippen LogP contribution in [-0.2, 0) is 32.3 Å². The van der Waals surface area contributed by atoms with Gasteiger partial charge in [-0.05, 0) is 55.0 Å². The Morgan fingerprint density at radius 1 is 0.974 bits per heavy atom. The monoisotopic (exact) mass is 611 g/mol. The number of halogens is 4. The van der Waals surface area contributed by atoms with E-state index in [2.05, 4.69) is 21.2 Å². The predicted molar refractivity (Wildman–Crippen MR) is 141 cm³/mol. The number of carbonyl (C=O) groups is 2. The average molecular weight is 612 g/mol. The van der Waals surface area contributed by atoms with Gasteiger partial charge in [-0.25, -0.2) is 8.42 Å². The number of alkyl halides is 3. The first-order valence-corrected chi connectivity index (χ1v) is 13.6. The van der Waals surface area contributed by atoms with Gasteiger partial charge in [0.25, 0.3) is 10.0 Å². The number of anilines is 1. The highest BCUT2D eigenvalue weighted by atomic mass is 79.9. The van der Waals surface area contributed by atoms with Crippen LogP contribution in [0.25, 0.3) is 0 Å². The van der Waals surface area contributed by atoms with Crippen LogP contribution >= 0.6 is 15.9 Å². The summed E-state index contributed by atoms with van der Waals surface area (Å²) in [6, 6.07) is 16.8. The molecule has 12 heteroatoms. The minimum atomic E-state index is -4.73. The third kappa shape index (κ3) is 6.93. The van der Waals surface area contributed by atoms with Crippen molar-refractivity contribution in [3.05, 3.63) is 94.5 Å². The number of nitrogens with one attached hydrogen (secondary N) is 1. The lowest BCUT2D eigenvalue weighted by Gasteiger charge is -2.32. The van der Waals surface area contributed by atoms with Crippen molar-refractivity contribution in [1.82, 2.24) is 10.2 Å². The van der Waals surface area contributed by atoms with Gasteiger partial charge >= 0.3 is 6.18 Å². The molecule has 38 heavy (non-hydrogen) atoms. The molecule has 3 rings (SSSR count). The minimum Gasteiger partial charge on any atom is -0.357 e. The van der Waals surface area contributed by atoms with Crippen LogP contribution < -0.4 is 9.62 Å². The van der Waals surface area contributed by atoms with Crippen LogP contribution in [0.5, 0.6) is 0 Å². The Bertz CT molecular complexity index is 1380. The summed E-state index contributed by atoms with van der Waals surface area (Å²) in [7, 11) is -3.06. The normalized spacial score (nSPS) is 12.5. The molecule has 0 saturated carbocycles. The molecule has 2 amide bonds. The highest BCUT2D eigenvalue weighted by Gasteiger charge is 2.35. The van der Waals surface area contributed by atoms with Gasteiger partial charge in [0.2, 0.25) is 11.8 Å². The molecule has 202 valence electrons. The first-order chi connectivity index (χ1) is 17.8. The number of hydrogen-bond donors (Lipinski definition) is 1. The first kappa shape index (κ1) is 29.2. The lowest BCUT2D eigenvalue weighted by atomic mass is 10.1. The standard InChI is InChI=1S/C26H25BrF3N3O4S/c1-18(25(35)31-2)32(16-19-11-13-21(27)14-12-19)24(34)17-33(38(36,37)23-9-4-3-5-10-23)22-8-6-7-20(15-22)26(28,29)30/h3-15,18H,16-17H2,1-2H3,(H,31,35)/t18-/m1/s1. The zero-order valence-electron chi connectivity index (χ0n) is 20.4. The summed E-state index contributed by atoms with van der Waals surface area (Å²) in [5, 5.41) is 2.46. The Morgan fingerprint density at radius 2 is 1.61 bits per heavy atom. The van der Waals surface area contributed by atoms with Crippen molar-refractivity contribution in [2.24, 2.45) is 0 Å². The van der Waals surface area contributed by atoms with Crippen LogP contribution in [0.4, 0.5) is 18.9 Å². The molecular weight excluding hydrogens is 587 g/mol. The Labute approximate surface area is 227 Å². The molecule has 0 aromatic heterocycles. The van der Waals surface area contributed by atoms with Gasteiger partial charge in [-0.2, -0.15) is 13.2 Å². The second-order valence-corrected chi connectivity index (χ2v) is 11.1.